The molecule has 0 spiro atoms. The molecule has 2 rings (SSSR count). The SMILES string of the molecule is CC(=O)N1c2c(C(=O)O)ncn2[C@@H](C)C[C@H]1C. The predicted molar refractivity (Wildman–Crippen MR) is 61.1 cm³/mol. The number of carbonyl (C=O) groups is 2. The summed E-state index contributed by atoms with van der Waals surface area (Å²) in [5, 5.41) is 9.09. The largest absolute Gasteiger partial charge is 0.476 e. The maximum absolute atomic E-state index is 11.6. The van der Waals surface area contributed by atoms with Crippen molar-refractivity contribution in [3.63, 3.8) is 0 Å². The van der Waals surface area contributed by atoms with Gasteiger partial charge in [-0.2, -0.15) is 0 Å². The fraction of sp³-hybridized carbons (Fsp3) is 0.545. The second-order valence-corrected chi connectivity index (χ2v) is 4.45. The number of carboxylic acid groups (broad SMARTS) is 1. The van der Waals surface area contributed by atoms with Gasteiger partial charge in [0.15, 0.2) is 11.5 Å². The first-order chi connectivity index (χ1) is 7.93. The third-order valence-electron chi connectivity index (χ3n) is 3.14. The topological polar surface area (TPSA) is 75.4 Å². The molecule has 1 aliphatic heterocycles. The smallest absolute Gasteiger partial charge is 0.358 e. The fourth-order valence-electron chi connectivity index (χ4n) is 2.45. The lowest BCUT2D eigenvalue weighted by Crippen LogP contribution is -2.44. The van der Waals surface area contributed by atoms with Gasteiger partial charge in [0.1, 0.15) is 0 Å². The lowest BCUT2D eigenvalue weighted by molar-refractivity contribution is -0.117. The molecular weight excluding hydrogens is 222 g/mol. The van der Waals surface area contributed by atoms with Crippen molar-refractivity contribution in [3.05, 3.63) is 12.0 Å². The first kappa shape index (κ1) is 11.6. The van der Waals surface area contributed by atoms with Gasteiger partial charge in [-0.25, -0.2) is 9.78 Å². The van der Waals surface area contributed by atoms with E-state index < -0.39 is 5.97 Å². The van der Waals surface area contributed by atoms with Crippen LogP contribution in [0.1, 0.15) is 43.7 Å². The average molecular weight is 237 g/mol. The summed E-state index contributed by atoms with van der Waals surface area (Å²) in [6, 6.07) is 0.140. The molecule has 6 heteroatoms. The van der Waals surface area contributed by atoms with Gasteiger partial charge < -0.3 is 9.67 Å². The monoisotopic (exact) mass is 237 g/mol. The Morgan fingerprint density at radius 2 is 2.06 bits per heavy atom. The first-order valence-corrected chi connectivity index (χ1v) is 5.53. The molecule has 2 atom stereocenters. The van der Waals surface area contributed by atoms with Crippen LogP contribution in [-0.2, 0) is 4.79 Å². The zero-order chi connectivity index (χ0) is 12.7. The van der Waals surface area contributed by atoms with Crippen LogP contribution in [0.25, 0.3) is 0 Å². The van der Waals surface area contributed by atoms with Crippen LogP contribution in [-0.4, -0.2) is 32.6 Å². The van der Waals surface area contributed by atoms with E-state index >= 15 is 0 Å². The minimum absolute atomic E-state index is 0.00944. The summed E-state index contributed by atoms with van der Waals surface area (Å²) in [6.45, 7) is 5.35. The Hall–Kier alpha value is -1.85. The number of amides is 1. The molecule has 0 aliphatic carbocycles. The van der Waals surface area contributed by atoms with Gasteiger partial charge in [-0.05, 0) is 20.3 Å². The number of nitrogens with zero attached hydrogens (tertiary/aromatic N) is 3. The van der Waals surface area contributed by atoms with Crippen LogP contribution < -0.4 is 4.90 Å². The molecule has 1 aromatic heterocycles. The van der Waals surface area contributed by atoms with Gasteiger partial charge in [0.25, 0.3) is 0 Å². The van der Waals surface area contributed by atoms with E-state index in [9.17, 15) is 9.59 Å². The van der Waals surface area contributed by atoms with E-state index in [0.717, 1.165) is 6.42 Å². The van der Waals surface area contributed by atoms with E-state index in [1.54, 1.807) is 4.57 Å². The van der Waals surface area contributed by atoms with E-state index in [4.69, 9.17) is 5.11 Å². The highest BCUT2D eigenvalue weighted by Gasteiger charge is 2.34. The predicted octanol–water partition coefficient (Wildman–Crippen LogP) is 1.29. The molecule has 1 amide bonds. The second-order valence-electron chi connectivity index (χ2n) is 4.45. The van der Waals surface area contributed by atoms with Gasteiger partial charge in [0, 0.05) is 19.0 Å². The van der Waals surface area contributed by atoms with Crippen molar-refractivity contribution in [3.8, 4) is 0 Å². The van der Waals surface area contributed by atoms with Crippen LogP contribution in [0.15, 0.2) is 6.33 Å². The molecule has 0 bridgehead atoms. The number of carbonyl (C=O) groups excluding carboxylic acids is 1. The molecule has 6 nitrogen and oxygen atoms in total. The van der Waals surface area contributed by atoms with Crippen molar-refractivity contribution in [2.45, 2.75) is 39.3 Å². The third kappa shape index (κ3) is 1.69. The molecule has 2 heterocycles. The van der Waals surface area contributed by atoms with Gasteiger partial charge >= 0.3 is 5.97 Å². The van der Waals surface area contributed by atoms with E-state index in [1.807, 2.05) is 13.8 Å². The summed E-state index contributed by atoms with van der Waals surface area (Å²) in [6.07, 6.45) is 2.28. The van der Waals surface area contributed by atoms with Gasteiger partial charge in [0.2, 0.25) is 5.91 Å². The lowest BCUT2D eigenvalue weighted by Gasteiger charge is -2.37. The van der Waals surface area contributed by atoms with Crippen LogP contribution in [0.2, 0.25) is 0 Å². The molecule has 17 heavy (non-hydrogen) atoms. The minimum atomic E-state index is -1.11. The number of hydrogen-bond acceptors (Lipinski definition) is 3. The summed E-state index contributed by atoms with van der Waals surface area (Å²) >= 11 is 0. The molecule has 0 saturated carbocycles. The summed E-state index contributed by atoms with van der Waals surface area (Å²) in [7, 11) is 0. The highest BCUT2D eigenvalue weighted by Crippen LogP contribution is 2.34. The summed E-state index contributed by atoms with van der Waals surface area (Å²) in [5.41, 5.74) is -0.0569. The maximum Gasteiger partial charge on any atom is 0.358 e. The van der Waals surface area contributed by atoms with E-state index in [-0.39, 0.29) is 23.7 Å². The Balaban J connectivity index is 2.61. The van der Waals surface area contributed by atoms with Crippen LogP contribution >= 0.6 is 0 Å². The zero-order valence-electron chi connectivity index (χ0n) is 10.0. The molecule has 0 aromatic carbocycles. The summed E-state index contributed by atoms with van der Waals surface area (Å²) in [4.78, 5) is 28.1. The highest BCUT2D eigenvalue weighted by atomic mass is 16.4. The van der Waals surface area contributed by atoms with Crippen molar-refractivity contribution in [1.29, 1.82) is 0 Å². The summed E-state index contributed by atoms with van der Waals surface area (Å²) < 4.78 is 1.75. The van der Waals surface area contributed by atoms with Crippen molar-refractivity contribution in [2.24, 2.45) is 0 Å². The van der Waals surface area contributed by atoms with Crippen molar-refractivity contribution in [2.75, 3.05) is 4.90 Å². The Morgan fingerprint density at radius 3 is 2.59 bits per heavy atom. The highest BCUT2D eigenvalue weighted by molar-refractivity contribution is 5.99. The molecule has 1 aliphatic rings. The van der Waals surface area contributed by atoms with Crippen LogP contribution in [0, 0.1) is 0 Å². The van der Waals surface area contributed by atoms with Crippen molar-refractivity contribution in [1.82, 2.24) is 9.55 Å². The molecule has 0 saturated heterocycles. The first-order valence-electron chi connectivity index (χ1n) is 5.53. The number of carboxylic acids is 1. The number of aromatic carboxylic acids is 1. The molecule has 0 fully saturated rings. The molecule has 1 N–H and O–H groups in total. The van der Waals surface area contributed by atoms with Crippen LogP contribution in [0.4, 0.5) is 5.82 Å². The van der Waals surface area contributed by atoms with E-state index in [1.165, 1.54) is 18.2 Å². The number of hydrogen-bond donors (Lipinski definition) is 1. The van der Waals surface area contributed by atoms with Gasteiger partial charge in [-0.15, -0.1) is 0 Å². The lowest BCUT2D eigenvalue weighted by atomic mass is 10.0. The second kappa shape index (κ2) is 3.87. The molecule has 0 radical (unpaired) electrons. The Labute approximate surface area is 98.9 Å². The number of fused-ring (bicyclic) bond motifs is 1. The van der Waals surface area contributed by atoms with E-state index in [0.29, 0.717) is 5.82 Å². The Kier molecular flexibility index (Phi) is 2.65. The van der Waals surface area contributed by atoms with Crippen LogP contribution in [0.5, 0.6) is 0 Å². The normalized spacial score (nSPS) is 23.4. The average Bonchev–Trinajstić information content (AvgIpc) is 2.61. The minimum Gasteiger partial charge on any atom is -0.476 e. The number of imidazole rings is 1. The van der Waals surface area contributed by atoms with Gasteiger partial charge in [-0.3, -0.25) is 9.69 Å². The van der Waals surface area contributed by atoms with E-state index in [2.05, 4.69) is 4.98 Å². The molecule has 0 unspecified atom stereocenters. The quantitative estimate of drug-likeness (QED) is 0.798. The molecule has 1 aromatic rings. The molecule has 92 valence electrons. The summed E-state index contributed by atoms with van der Waals surface area (Å²) in [5.74, 6) is -0.865. The standard InChI is InChI=1S/C11H15N3O3/c1-6-4-7(2)14(8(3)15)10-9(11(16)17)12-5-13(6)10/h5-7H,4H2,1-3H3,(H,16,17)/t6-,7+/m0/s1. The van der Waals surface area contributed by atoms with Crippen molar-refractivity contribution >= 4 is 17.7 Å². The third-order valence-corrected chi connectivity index (χ3v) is 3.14. The van der Waals surface area contributed by atoms with Gasteiger partial charge in [-0.1, -0.05) is 0 Å². The number of anilines is 1. The Bertz CT molecular complexity index is 480. The number of rotatable bonds is 1. The fourth-order valence-corrected chi connectivity index (χ4v) is 2.45. The zero-order valence-corrected chi connectivity index (χ0v) is 10.0. The molecular formula is C11H15N3O3. The van der Waals surface area contributed by atoms with Crippen LogP contribution in [0.3, 0.4) is 0 Å². The maximum atomic E-state index is 11.6. The number of aromatic nitrogens is 2. The van der Waals surface area contributed by atoms with Crippen molar-refractivity contribution < 1.29 is 14.7 Å². The Morgan fingerprint density at radius 1 is 1.41 bits per heavy atom. The van der Waals surface area contributed by atoms with Gasteiger partial charge in [0.05, 0.1) is 6.33 Å².